The number of aliphatic carboxylic acids is 1. The number of hydrogen-bond acceptors (Lipinski definition) is 2. The number of carboxylic acid groups (broad SMARTS) is 1. The molecule has 4 nitrogen and oxygen atoms in total. The fourth-order valence-corrected chi connectivity index (χ4v) is 1.25. The molecule has 4 heteroatoms. The zero-order valence-corrected chi connectivity index (χ0v) is 9.36. The van der Waals surface area contributed by atoms with E-state index in [4.69, 9.17) is 5.11 Å². The van der Waals surface area contributed by atoms with E-state index in [0.29, 0.717) is 0 Å². The van der Waals surface area contributed by atoms with Gasteiger partial charge in [-0.15, -0.1) is 0 Å². The zero-order chi connectivity index (χ0) is 12.1. The minimum Gasteiger partial charge on any atom is -0.480 e. The second kappa shape index (κ2) is 5.30. The maximum Gasteiger partial charge on any atom is 0.325 e. The van der Waals surface area contributed by atoms with Gasteiger partial charge in [-0.2, -0.15) is 0 Å². The first-order chi connectivity index (χ1) is 7.49. The van der Waals surface area contributed by atoms with Crippen molar-refractivity contribution in [1.82, 2.24) is 5.32 Å². The molecule has 0 saturated carbocycles. The minimum absolute atomic E-state index is 0.206. The lowest BCUT2D eigenvalue weighted by Gasteiger charge is -2.09. The molecule has 1 atom stereocenters. The van der Waals surface area contributed by atoms with Gasteiger partial charge in [0.25, 0.3) is 0 Å². The van der Waals surface area contributed by atoms with Crippen LogP contribution < -0.4 is 5.32 Å². The number of hydrogen-bond donors (Lipinski definition) is 2. The Bertz CT molecular complexity index is 384. The highest BCUT2D eigenvalue weighted by Gasteiger charge is 2.13. The van der Waals surface area contributed by atoms with Crippen LogP contribution in [0.15, 0.2) is 24.3 Å². The van der Waals surface area contributed by atoms with Gasteiger partial charge in [0.1, 0.15) is 6.04 Å². The van der Waals surface area contributed by atoms with Crippen molar-refractivity contribution in [2.45, 2.75) is 26.3 Å². The van der Waals surface area contributed by atoms with Crippen molar-refractivity contribution >= 4 is 11.9 Å². The summed E-state index contributed by atoms with van der Waals surface area (Å²) >= 11 is 0. The molecule has 1 aromatic rings. The topological polar surface area (TPSA) is 66.4 Å². The highest BCUT2D eigenvalue weighted by atomic mass is 16.4. The first-order valence-corrected chi connectivity index (χ1v) is 5.07. The Kier molecular flexibility index (Phi) is 4.05. The molecule has 0 fully saturated rings. The summed E-state index contributed by atoms with van der Waals surface area (Å²) in [6.45, 7) is 3.41. The monoisotopic (exact) mass is 221 g/mol. The lowest BCUT2D eigenvalue weighted by molar-refractivity contribution is -0.141. The van der Waals surface area contributed by atoms with Crippen LogP contribution in [0.4, 0.5) is 0 Å². The first-order valence-electron chi connectivity index (χ1n) is 5.07. The summed E-state index contributed by atoms with van der Waals surface area (Å²) in [5, 5.41) is 11.0. The molecule has 0 heterocycles. The molecular weight excluding hydrogens is 206 g/mol. The predicted molar refractivity (Wildman–Crippen MR) is 60.1 cm³/mol. The van der Waals surface area contributed by atoms with Crippen molar-refractivity contribution in [2.75, 3.05) is 0 Å². The number of carbonyl (C=O) groups excluding carboxylic acids is 1. The van der Waals surface area contributed by atoms with Crippen LogP contribution in [0, 0.1) is 6.92 Å². The van der Waals surface area contributed by atoms with E-state index in [-0.39, 0.29) is 12.3 Å². The second-order valence-corrected chi connectivity index (χ2v) is 3.79. The third kappa shape index (κ3) is 3.73. The van der Waals surface area contributed by atoms with Gasteiger partial charge in [0, 0.05) is 0 Å². The largest absolute Gasteiger partial charge is 0.480 e. The van der Waals surface area contributed by atoms with E-state index < -0.39 is 12.0 Å². The van der Waals surface area contributed by atoms with Crippen LogP contribution in [0.3, 0.4) is 0 Å². The maximum atomic E-state index is 11.4. The van der Waals surface area contributed by atoms with Gasteiger partial charge in [-0.1, -0.05) is 29.8 Å². The standard InChI is InChI=1S/C12H15NO3/c1-8-3-5-10(6-4-8)7-11(14)13-9(2)12(15)16/h3-6,9H,7H2,1-2H3,(H,13,14)(H,15,16). The SMILES string of the molecule is Cc1ccc(CC(=O)NC(C)C(=O)O)cc1. The number of amides is 1. The summed E-state index contributed by atoms with van der Waals surface area (Å²) in [4.78, 5) is 22.0. The van der Waals surface area contributed by atoms with Crippen LogP contribution >= 0.6 is 0 Å². The van der Waals surface area contributed by atoms with E-state index in [9.17, 15) is 9.59 Å². The van der Waals surface area contributed by atoms with E-state index in [1.807, 2.05) is 31.2 Å². The average Bonchev–Trinajstić information content (AvgIpc) is 2.21. The molecule has 0 aromatic heterocycles. The zero-order valence-electron chi connectivity index (χ0n) is 9.36. The summed E-state index contributed by atoms with van der Waals surface area (Å²) in [7, 11) is 0. The van der Waals surface area contributed by atoms with E-state index in [1.165, 1.54) is 6.92 Å². The van der Waals surface area contributed by atoms with Crippen molar-refractivity contribution < 1.29 is 14.7 Å². The Morgan fingerprint density at radius 3 is 2.38 bits per heavy atom. The third-order valence-electron chi connectivity index (χ3n) is 2.23. The Morgan fingerprint density at radius 2 is 1.88 bits per heavy atom. The maximum absolute atomic E-state index is 11.4. The van der Waals surface area contributed by atoms with Crippen LogP contribution in [0.1, 0.15) is 18.1 Å². The van der Waals surface area contributed by atoms with Gasteiger partial charge in [0.15, 0.2) is 0 Å². The van der Waals surface area contributed by atoms with Gasteiger partial charge in [-0.25, -0.2) is 0 Å². The summed E-state index contributed by atoms with van der Waals surface area (Å²) < 4.78 is 0. The van der Waals surface area contributed by atoms with Crippen LogP contribution in [0.25, 0.3) is 0 Å². The van der Waals surface area contributed by atoms with Crippen LogP contribution in [-0.4, -0.2) is 23.0 Å². The van der Waals surface area contributed by atoms with Gasteiger partial charge in [-0.3, -0.25) is 9.59 Å². The first kappa shape index (κ1) is 12.2. The quantitative estimate of drug-likeness (QED) is 0.800. The number of nitrogens with one attached hydrogen (secondary N) is 1. The van der Waals surface area contributed by atoms with E-state index in [0.717, 1.165) is 11.1 Å². The van der Waals surface area contributed by atoms with Gasteiger partial charge in [-0.05, 0) is 19.4 Å². The normalized spacial score (nSPS) is 11.9. The van der Waals surface area contributed by atoms with E-state index in [1.54, 1.807) is 0 Å². The molecular formula is C12H15NO3. The molecule has 0 aliphatic heterocycles. The molecule has 16 heavy (non-hydrogen) atoms. The predicted octanol–water partition coefficient (Wildman–Crippen LogP) is 1.13. The van der Waals surface area contributed by atoms with Crippen molar-refractivity contribution in [3.8, 4) is 0 Å². The van der Waals surface area contributed by atoms with Gasteiger partial charge in [0.2, 0.25) is 5.91 Å². The number of rotatable bonds is 4. The Labute approximate surface area is 94.3 Å². The number of carbonyl (C=O) groups is 2. The molecule has 0 saturated heterocycles. The lowest BCUT2D eigenvalue weighted by Crippen LogP contribution is -2.39. The van der Waals surface area contributed by atoms with Crippen LogP contribution in [-0.2, 0) is 16.0 Å². The Balaban J connectivity index is 2.52. The lowest BCUT2D eigenvalue weighted by atomic mass is 10.1. The Morgan fingerprint density at radius 1 is 1.31 bits per heavy atom. The molecule has 86 valence electrons. The summed E-state index contributed by atoms with van der Waals surface area (Å²) in [6.07, 6.45) is 0.206. The van der Waals surface area contributed by atoms with Crippen molar-refractivity contribution in [1.29, 1.82) is 0 Å². The van der Waals surface area contributed by atoms with Gasteiger partial charge >= 0.3 is 5.97 Å². The minimum atomic E-state index is -1.03. The van der Waals surface area contributed by atoms with Crippen molar-refractivity contribution in [3.05, 3.63) is 35.4 Å². The molecule has 1 unspecified atom stereocenters. The highest BCUT2D eigenvalue weighted by Crippen LogP contribution is 2.03. The fraction of sp³-hybridized carbons (Fsp3) is 0.333. The highest BCUT2D eigenvalue weighted by molar-refractivity contribution is 5.84. The van der Waals surface area contributed by atoms with Gasteiger partial charge < -0.3 is 10.4 Å². The molecule has 0 aliphatic rings. The summed E-state index contributed by atoms with van der Waals surface area (Å²) in [5.74, 6) is -1.31. The van der Waals surface area contributed by atoms with E-state index >= 15 is 0 Å². The van der Waals surface area contributed by atoms with Crippen molar-refractivity contribution in [2.24, 2.45) is 0 Å². The Hall–Kier alpha value is -1.84. The fourth-order valence-electron chi connectivity index (χ4n) is 1.25. The average molecular weight is 221 g/mol. The summed E-state index contributed by atoms with van der Waals surface area (Å²) in [5.41, 5.74) is 2.00. The van der Waals surface area contributed by atoms with Crippen molar-refractivity contribution in [3.63, 3.8) is 0 Å². The van der Waals surface area contributed by atoms with Crippen LogP contribution in [0.5, 0.6) is 0 Å². The smallest absolute Gasteiger partial charge is 0.325 e. The molecule has 0 radical (unpaired) electrons. The van der Waals surface area contributed by atoms with Crippen LogP contribution in [0.2, 0.25) is 0 Å². The molecule has 2 N–H and O–H groups in total. The van der Waals surface area contributed by atoms with Gasteiger partial charge in [0.05, 0.1) is 6.42 Å². The number of aryl methyl sites for hydroxylation is 1. The molecule has 0 bridgehead atoms. The number of benzene rings is 1. The molecule has 0 aliphatic carbocycles. The third-order valence-corrected chi connectivity index (χ3v) is 2.23. The van der Waals surface area contributed by atoms with E-state index in [2.05, 4.69) is 5.32 Å². The molecule has 0 spiro atoms. The molecule has 1 aromatic carbocycles. The second-order valence-electron chi connectivity index (χ2n) is 3.79. The molecule has 1 rings (SSSR count). The summed E-state index contributed by atoms with van der Waals surface area (Å²) in [6, 6.07) is 6.71. The number of carboxylic acids is 1. The molecule has 1 amide bonds.